The summed E-state index contributed by atoms with van der Waals surface area (Å²) in [6.45, 7) is 5.50. The van der Waals surface area contributed by atoms with Crippen LogP contribution in [-0.4, -0.2) is 17.9 Å². The lowest BCUT2D eigenvalue weighted by molar-refractivity contribution is 0.0315. The maximum Gasteiger partial charge on any atom is 0.340 e. The zero-order valence-corrected chi connectivity index (χ0v) is 17.8. The minimum absolute atomic E-state index is 0.244. The van der Waals surface area contributed by atoms with Gasteiger partial charge in [0.25, 0.3) is 0 Å². The number of rotatable bonds is 6. The average molecular weight is 416 g/mol. The second-order valence-corrected chi connectivity index (χ2v) is 8.00. The van der Waals surface area contributed by atoms with E-state index in [4.69, 9.17) is 4.74 Å². The molecule has 4 nitrogen and oxygen atoms in total. The number of carbonyl (C=O) groups is 2. The standard InChI is InChI=1S/C25H21NO3S/c1-16-12-13-19(14-17(16)2)24(27)18(3)29-25(28)21-9-5-7-11-23(21)30-22-10-6-4-8-20(22)15-26/h4-14,18H,1-3H3/t18-/m0/s1. The summed E-state index contributed by atoms with van der Waals surface area (Å²) in [4.78, 5) is 27.0. The van der Waals surface area contributed by atoms with Crippen LogP contribution in [0.15, 0.2) is 76.5 Å². The second kappa shape index (κ2) is 9.43. The number of nitrogens with zero attached hydrogens (tertiary/aromatic N) is 1. The number of nitriles is 1. The highest BCUT2D eigenvalue weighted by molar-refractivity contribution is 7.99. The molecule has 0 amide bonds. The van der Waals surface area contributed by atoms with E-state index in [0.29, 0.717) is 21.6 Å². The van der Waals surface area contributed by atoms with Crippen molar-refractivity contribution in [1.29, 1.82) is 5.26 Å². The number of benzene rings is 3. The Morgan fingerprint density at radius 3 is 2.30 bits per heavy atom. The van der Waals surface area contributed by atoms with Gasteiger partial charge in [0, 0.05) is 15.4 Å². The van der Waals surface area contributed by atoms with Crippen LogP contribution in [0.2, 0.25) is 0 Å². The van der Waals surface area contributed by atoms with Crippen LogP contribution in [0.3, 0.4) is 0 Å². The zero-order chi connectivity index (χ0) is 21.7. The summed E-state index contributed by atoms with van der Waals surface area (Å²) in [5, 5.41) is 9.31. The summed E-state index contributed by atoms with van der Waals surface area (Å²) in [6.07, 6.45) is -0.913. The predicted molar refractivity (Wildman–Crippen MR) is 117 cm³/mol. The van der Waals surface area contributed by atoms with Crippen molar-refractivity contribution in [3.63, 3.8) is 0 Å². The summed E-state index contributed by atoms with van der Waals surface area (Å²) in [6, 6.07) is 21.8. The molecule has 0 heterocycles. The molecule has 5 heteroatoms. The Balaban J connectivity index is 1.79. The first-order valence-electron chi connectivity index (χ1n) is 9.49. The van der Waals surface area contributed by atoms with Crippen molar-refractivity contribution in [3.8, 4) is 6.07 Å². The summed E-state index contributed by atoms with van der Waals surface area (Å²) in [5.74, 6) is -0.816. The zero-order valence-electron chi connectivity index (χ0n) is 17.0. The highest BCUT2D eigenvalue weighted by atomic mass is 32.2. The molecular weight excluding hydrogens is 394 g/mol. The Labute approximate surface area is 180 Å². The fourth-order valence-corrected chi connectivity index (χ4v) is 3.91. The Bertz CT molecular complexity index is 1150. The maximum atomic E-state index is 12.8. The molecule has 0 saturated heterocycles. The van der Waals surface area contributed by atoms with Crippen LogP contribution in [0.5, 0.6) is 0 Å². The number of hydrogen-bond donors (Lipinski definition) is 0. The number of esters is 1. The molecule has 0 aliphatic heterocycles. The van der Waals surface area contributed by atoms with Crippen molar-refractivity contribution in [1.82, 2.24) is 0 Å². The Morgan fingerprint density at radius 1 is 0.933 bits per heavy atom. The fraction of sp³-hybridized carbons (Fsp3) is 0.160. The van der Waals surface area contributed by atoms with E-state index in [2.05, 4.69) is 6.07 Å². The molecule has 0 radical (unpaired) electrons. The van der Waals surface area contributed by atoms with Gasteiger partial charge in [0.2, 0.25) is 5.78 Å². The van der Waals surface area contributed by atoms with E-state index in [1.54, 1.807) is 43.3 Å². The molecule has 3 aromatic carbocycles. The van der Waals surface area contributed by atoms with Gasteiger partial charge in [-0.3, -0.25) is 4.79 Å². The van der Waals surface area contributed by atoms with Crippen molar-refractivity contribution in [2.75, 3.05) is 0 Å². The molecule has 1 atom stereocenters. The van der Waals surface area contributed by atoms with E-state index >= 15 is 0 Å². The molecular formula is C25H21NO3S. The van der Waals surface area contributed by atoms with Gasteiger partial charge in [0.1, 0.15) is 6.07 Å². The molecule has 0 aliphatic rings. The van der Waals surface area contributed by atoms with E-state index in [1.807, 2.05) is 44.2 Å². The number of carbonyl (C=O) groups excluding carboxylic acids is 2. The molecule has 0 bridgehead atoms. The van der Waals surface area contributed by atoms with Gasteiger partial charge >= 0.3 is 5.97 Å². The van der Waals surface area contributed by atoms with Crippen LogP contribution in [0.4, 0.5) is 0 Å². The normalized spacial score (nSPS) is 11.4. The van der Waals surface area contributed by atoms with E-state index in [1.165, 1.54) is 11.8 Å². The molecule has 0 aromatic heterocycles. The van der Waals surface area contributed by atoms with Crippen molar-refractivity contribution in [3.05, 3.63) is 94.5 Å². The molecule has 30 heavy (non-hydrogen) atoms. The van der Waals surface area contributed by atoms with Crippen molar-refractivity contribution in [2.24, 2.45) is 0 Å². The Kier molecular flexibility index (Phi) is 6.71. The third kappa shape index (κ3) is 4.79. The summed E-state index contributed by atoms with van der Waals surface area (Å²) >= 11 is 1.32. The lowest BCUT2D eigenvalue weighted by atomic mass is 10.0. The molecule has 3 aromatic rings. The smallest absolute Gasteiger partial charge is 0.340 e. The highest BCUT2D eigenvalue weighted by Gasteiger charge is 2.22. The van der Waals surface area contributed by atoms with Gasteiger partial charge in [0.05, 0.1) is 11.1 Å². The molecule has 0 unspecified atom stereocenters. The van der Waals surface area contributed by atoms with Gasteiger partial charge in [-0.1, -0.05) is 48.2 Å². The first-order valence-corrected chi connectivity index (χ1v) is 10.3. The van der Waals surface area contributed by atoms with Crippen LogP contribution in [0, 0.1) is 25.2 Å². The van der Waals surface area contributed by atoms with Crippen molar-refractivity contribution < 1.29 is 14.3 Å². The first-order chi connectivity index (χ1) is 14.4. The third-order valence-corrected chi connectivity index (χ3v) is 5.93. The summed E-state index contributed by atoms with van der Waals surface area (Å²) < 4.78 is 5.49. The molecule has 0 N–H and O–H groups in total. The highest BCUT2D eigenvalue weighted by Crippen LogP contribution is 2.33. The topological polar surface area (TPSA) is 67.2 Å². The Hall–Kier alpha value is -3.36. The van der Waals surface area contributed by atoms with E-state index < -0.39 is 12.1 Å². The predicted octanol–water partition coefficient (Wildman–Crippen LogP) is 5.75. The average Bonchev–Trinajstić information content (AvgIpc) is 2.75. The lowest BCUT2D eigenvalue weighted by Crippen LogP contribution is -2.24. The van der Waals surface area contributed by atoms with Crippen molar-refractivity contribution >= 4 is 23.5 Å². The number of aryl methyl sites for hydroxylation is 2. The minimum Gasteiger partial charge on any atom is -0.451 e. The van der Waals surface area contributed by atoms with Crippen LogP contribution in [0.25, 0.3) is 0 Å². The van der Waals surface area contributed by atoms with E-state index in [0.717, 1.165) is 16.0 Å². The molecule has 0 aliphatic carbocycles. The molecule has 3 rings (SSSR count). The van der Waals surface area contributed by atoms with E-state index in [-0.39, 0.29) is 5.78 Å². The van der Waals surface area contributed by atoms with Gasteiger partial charge in [-0.05, 0) is 62.2 Å². The summed E-state index contributed by atoms with van der Waals surface area (Å²) in [5.41, 5.74) is 3.51. The van der Waals surface area contributed by atoms with Crippen molar-refractivity contribution in [2.45, 2.75) is 36.7 Å². The quantitative estimate of drug-likeness (QED) is 0.378. The number of Topliss-reactive ketones (excluding diaryl/α,β-unsaturated/α-hetero) is 1. The van der Waals surface area contributed by atoms with Gasteiger partial charge in [-0.15, -0.1) is 0 Å². The Morgan fingerprint density at radius 2 is 1.60 bits per heavy atom. The van der Waals surface area contributed by atoms with Gasteiger partial charge < -0.3 is 4.74 Å². The van der Waals surface area contributed by atoms with Crippen LogP contribution in [-0.2, 0) is 4.74 Å². The van der Waals surface area contributed by atoms with E-state index in [9.17, 15) is 14.9 Å². The van der Waals surface area contributed by atoms with Crippen LogP contribution >= 0.6 is 11.8 Å². The van der Waals surface area contributed by atoms with Gasteiger partial charge in [0.15, 0.2) is 6.10 Å². The summed E-state index contributed by atoms with van der Waals surface area (Å²) in [7, 11) is 0. The molecule has 0 saturated carbocycles. The van der Waals surface area contributed by atoms with Crippen LogP contribution < -0.4 is 0 Å². The number of hydrogen-bond acceptors (Lipinski definition) is 5. The second-order valence-electron chi connectivity index (χ2n) is 6.92. The molecule has 150 valence electrons. The lowest BCUT2D eigenvalue weighted by Gasteiger charge is -2.15. The number of ketones is 1. The fourth-order valence-electron chi connectivity index (χ4n) is 2.90. The molecule has 0 fully saturated rings. The third-order valence-electron chi connectivity index (χ3n) is 4.78. The SMILES string of the molecule is Cc1ccc(C(=O)[C@H](C)OC(=O)c2ccccc2Sc2ccccc2C#N)cc1C. The first kappa shape index (κ1) is 21.4. The van der Waals surface area contributed by atoms with Gasteiger partial charge in [-0.25, -0.2) is 4.79 Å². The number of ether oxygens (including phenoxy) is 1. The monoisotopic (exact) mass is 415 g/mol. The maximum absolute atomic E-state index is 12.8. The van der Waals surface area contributed by atoms with Crippen LogP contribution in [0.1, 0.15) is 44.3 Å². The minimum atomic E-state index is -0.913. The largest absolute Gasteiger partial charge is 0.451 e. The molecule has 0 spiro atoms. The van der Waals surface area contributed by atoms with Gasteiger partial charge in [-0.2, -0.15) is 5.26 Å².